The zero-order valence-corrected chi connectivity index (χ0v) is 14.7. The Bertz CT molecular complexity index is 802. The normalized spacial score (nSPS) is 11.5. The van der Waals surface area contributed by atoms with Gasteiger partial charge in [-0.05, 0) is 18.6 Å². The Balaban J connectivity index is 1.70. The number of unbranched alkanes of at least 4 members (excludes halogenated alkanes) is 1. The van der Waals surface area contributed by atoms with Crippen LogP contribution in [0.1, 0.15) is 32.1 Å². The van der Waals surface area contributed by atoms with E-state index in [1.165, 1.54) is 23.1 Å². The summed E-state index contributed by atoms with van der Waals surface area (Å²) in [5, 5.41) is 12.1. The summed E-state index contributed by atoms with van der Waals surface area (Å²) >= 11 is 2.80. The molecule has 0 unspecified atom stereocenters. The lowest BCUT2D eigenvalue weighted by molar-refractivity contribution is 0.0722. The van der Waals surface area contributed by atoms with Crippen LogP contribution >= 0.6 is 23.1 Å². The smallest absolute Gasteiger partial charge is 0.320 e. The summed E-state index contributed by atoms with van der Waals surface area (Å²) in [6.45, 7) is 0.364. The molecule has 0 radical (unpaired) electrons. The minimum Gasteiger partial charge on any atom is -0.360 e. The standard InChI is InChI=1S/C15H17F2N5S2/c1-2-3-8-18-14-20-21-15(24-14)23-9-12-19-10-6-4-5-7-11(10)22(12)13(16)17/h4-7,13H,2-3,8-9H2,1H3,(H,18,20). The molecule has 9 heteroatoms. The van der Waals surface area contributed by atoms with Gasteiger partial charge in [-0.25, -0.2) is 4.98 Å². The number of para-hydroxylation sites is 2. The second-order valence-corrected chi connectivity index (χ2v) is 7.31. The van der Waals surface area contributed by atoms with Gasteiger partial charge in [0.2, 0.25) is 5.13 Å². The van der Waals surface area contributed by atoms with Crippen molar-refractivity contribution in [2.24, 2.45) is 0 Å². The Hall–Kier alpha value is -1.74. The fourth-order valence-electron chi connectivity index (χ4n) is 2.25. The fraction of sp³-hybridized carbons (Fsp3) is 0.400. The Morgan fingerprint density at radius 1 is 1.29 bits per heavy atom. The maximum atomic E-state index is 13.4. The molecule has 1 N–H and O–H groups in total. The molecule has 0 aliphatic heterocycles. The van der Waals surface area contributed by atoms with Crippen molar-refractivity contribution in [1.29, 1.82) is 0 Å². The number of imidazole rings is 1. The number of nitrogens with zero attached hydrogens (tertiary/aromatic N) is 4. The minimum atomic E-state index is -2.62. The molecule has 24 heavy (non-hydrogen) atoms. The van der Waals surface area contributed by atoms with Gasteiger partial charge in [-0.1, -0.05) is 48.6 Å². The predicted molar refractivity (Wildman–Crippen MR) is 93.9 cm³/mol. The van der Waals surface area contributed by atoms with Crippen molar-refractivity contribution in [2.45, 2.75) is 36.4 Å². The first-order valence-electron chi connectivity index (χ1n) is 7.63. The fourth-order valence-corrected chi connectivity index (χ4v) is 3.96. The topological polar surface area (TPSA) is 55.6 Å². The molecule has 1 aromatic carbocycles. The van der Waals surface area contributed by atoms with E-state index < -0.39 is 6.55 Å². The molecule has 0 aliphatic rings. The summed E-state index contributed by atoms with van der Waals surface area (Å²) in [5.41, 5.74) is 1.02. The molecular weight excluding hydrogens is 352 g/mol. The van der Waals surface area contributed by atoms with E-state index in [-0.39, 0.29) is 0 Å². The molecule has 2 heterocycles. The average Bonchev–Trinajstić information content (AvgIpc) is 3.16. The zero-order chi connectivity index (χ0) is 16.9. The average molecular weight is 369 g/mol. The van der Waals surface area contributed by atoms with E-state index in [0.29, 0.717) is 22.6 Å². The molecule has 0 fully saturated rings. The lowest BCUT2D eigenvalue weighted by Crippen LogP contribution is -2.03. The van der Waals surface area contributed by atoms with Crippen LogP contribution in [0.5, 0.6) is 0 Å². The number of hydrogen-bond acceptors (Lipinski definition) is 6. The first-order chi connectivity index (χ1) is 11.7. The van der Waals surface area contributed by atoms with E-state index >= 15 is 0 Å². The van der Waals surface area contributed by atoms with E-state index in [9.17, 15) is 8.78 Å². The monoisotopic (exact) mass is 369 g/mol. The van der Waals surface area contributed by atoms with Crippen LogP contribution in [0.4, 0.5) is 13.9 Å². The lowest BCUT2D eigenvalue weighted by atomic mass is 10.3. The molecule has 3 aromatic rings. The van der Waals surface area contributed by atoms with Crippen LogP contribution in [-0.4, -0.2) is 26.3 Å². The number of thioether (sulfide) groups is 1. The Morgan fingerprint density at radius 2 is 2.12 bits per heavy atom. The zero-order valence-electron chi connectivity index (χ0n) is 13.1. The third kappa shape index (κ3) is 3.84. The van der Waals surface area contributed by atoms with Crippen molar-refractivity contribution >= 4 is 39.3 Å². The van der Waals surface area contributed by atoms with Crippen molar-refractivity contribution in [1.82, 2.24) is 19.7 Å². The summed E-state index contributed by atoms with van der Waals surface area (Å²) in [6.07, 6.45) is 2.18. The Labute approximate surface area is 146 Å². The highest BCUT2D eigenvalue weighted by molar-refractivity contribution is 8.00. The summed E-state index contributed by atoms with van der Waals surface area (Å²) < 4.78 is 28.5. The third-order valence-corrected chi connectivity index (χ3v) is 5.41. The largest absolute Gasteiger partial charge is 0.360 e. The summed E-state index contributed by atoms with van der Waals surface area (Å²) in [5.74, 6) is 0.662. The Kier molecular flexibility index (Phi) is 5.62. The number of nitrogens with one attached hydrogen (secondary N) is 1. The van der Waals surface area contributed by atoms with Gasteiger partial charge < -0.3 is 5.32 Å². The predicted octanol–water partition coefficient (Wildman–Crippen LogP) is 4.79. The third-order valence-electron chi connectivity index (χ3n) is 3.40. The number of aromatic nitrogens is 4. The van der Waals surface area contributed by atoms with Crippen molar-refractivity contribution in [3.8, 4) is 0 Å². The highest BCUT2D eigenvalue weighted by Crippen LogP contribution is 2.31. The first kappa shape index (κ1) is 17.1. The van der Waals surface area contributed by atoms with E-state index in [1.54, 1.807) is 24.3 Å². The van der Waals surface area contributed by atoms with Gasteiger partial charge in [0.25, 0.3) is 0 Å². The van der Waals surface area contributed by atoms with Gasteiger partial charge >= 0.3 is 6.55 Å². The lowest BCUT2D eigenvalue weighted by Gasteiger charge is -2.06. The van der Waals surface area contributed by atoms with E-state index in [1.807, 2.05) is 0 Å². The number of hydrogen-bond donors (Lipinski definition) is 1. The number of fused-ring (bicyclic) bond motifs is 1. The van der Waals surface area contributed by atoms with E-state index in [0.717, 1.165) is 33.4 Å². The molecule has 2 aromatic heterocycles. The second kappa shape index (κ2) is 7.89. The molecule has 0 amide bonds. The minimum absolute atomic E-state index is 0.322. The van der Waals surface area contributed by atoms with Crippen LogP contribution in [-0.2, 0) is 5.75 Å². The number of alkyl halides is 2. The maximum Gasteiger partial charge on any atom is 0.320 e. The van der Waals surface area contributed by atoms with E-state index in [2.05, 4.69) is 27.4 Å². The molecule has 0 saturated heterocycles. The molecule has 128 valence electrons. The summed E-state index contributed by atoms with van der Waals surface area (Å²) in [4.78, 5) is 4.32. The van der Waals surface area contributed by atoms with Crippen molar-refractivity contribution in [2.75, 3.05) is 11.9 Å². The molecule has 0 aliphatic carbocycles. The molecule has 0 spiro atoms. The molecule has 3 rings (SSSR count). The summed E-state index contributed by atoms with van der Waals surface area (Å²) in [7, 11) is 0. The molecule has 5 nitrogen and oxygen atoms in total. The first-order valence-corrected chi connectivity index (χ1v) is 9.43. The molecular formula is C15H17F2N5S2. The maximum absolute atomic E-state index is 13.4. The van der Waals surface area contributed by atoms with Crippen LogP contribution in [0.3, 0.4) is 0 Å². The van der Waals surface area contributed by atoms with Gasteiger partial charge in [0, 0.05) is 6.54 Å². The second-order valence-electron chi connectivity index (χ2n) is 5.11. The van der Waals surface area contributed by atoms with Gasteiger partial charge in [-0.2, -0.15) is 8.78 Å². The van der Waals surface area contributed by atoms with E-state index in [4.69, 9.17) is 0 Å². The number of anilines is 1. The quantitative estimate of drug-likeness (QED) is 0.457. The van der Waals surface area contributed by atoms with Crippen molar-refractivity contribution < 1.29 is 8.78 Å². The van der Waals surface area contributed by atoms with Gasteiger partial charge in [0.1, 0.15) is 5.82 Å². The van der Waals surface area contributed by atoms with Crippen LogP contribution < -0.4 is 5.32 Å². The van der Waals surface area contributed by atoms with Crippen molar-refractivity contribution in [3.63, 3.8) is 0 Å². The Morgan fingerprint density at radius 3 is 2.92 bits per heavy atom. The van der Waals surface area contributed by atoms with Crippen LogP contribution in [0, 0.1) is 0 Å². The number of benzene rings is 1. The molecule has 0 bridgehead atoms. The summed E-state index contributed by atoms with van der Waals surface area (Å²) in [6, 6.07) is 6.92. The SMILES string of the molecule is CCCCNc1nnc(SCc2nc3ccccc3n2C(F)F)s1. The van der Waals surface area contributed by atoms with Crippen LogP contribution in [0.15, 0.2) is 28.6 Å². The number of halogens is 2. The number of rotatable bonds is 8. The highest BCUT2D eigenvalue weighted by atomic mass is 32.2. The highest BCUT2D eigenvalue weighted by Gasteiger charge is 2.18. The van der Waals surface area contributed by atoms with Crippen molar-refractivity contribution in [3.05, 3.63) is 30.1 Å². The molecule has 0 atom stereocenters. The van der Waals surface area contributed by atoms with Crippen LogP contribution in [0.25, 0.3) is 11.0 Å². The van der Waals surface area contributed by atoms with Crippen LogP contribution in [0.2, 0.25) is 0 Å². The van der Waals surface area contributed by atoms with Gasteiger partial charge in [-0.3, -0.25) is 4.57 Å². The molecule has 0 saturated carbocycles. The van der Waals surface area contributed by atoms with Gasteiger partial charge in [-0.15, -0.1) is 10.2 Å². The van der Waals surface area contributed by atoms with Gasteiger partial charge in [0.15, 0.2) is 4.34 Å². The van der Waals surface area contributed by atoms with Gasteiger partial charge in [0.05, 0.1) is 16.8 Å².